The van der Waals surface area contributed by atoms with E-state index in [0.717, 1.165) is 27.6 Å². The second-order valence-electron chi connectivity index (χ2n) is 12.9. The van der Waals surface area contributed by atoms with Crippen LogP contribution < -0.4 is 79.2 Å². The van der Waals surface area contributed by atoms with Gasteiger partial charge in [-0.25, -0.2) is 26.8 Å². The molecule has 1 aliphatic rings. The molecule has 0 fully saturated rings. The number of allylic oxidation sites excluding steroid dienone is 3. The summed E-state index contributed by atoms with van der Waals surface area (Å²) < 4.78 is 86.1. The summed E-state index contributed by atoms with van der Waals surface area (Å²) in [4.78, 5) is 16.5. The van der Waals surface area contributed by atoms with Crippen molar-refractivity contribution >= 4 is 87.9 Å². The van der Waals surface area contributed by atoms with Crippen molar-refractivity contribution in [3.8, 4) is 23.3 Å². The molecule has 20 heteroatoms. The van der Waals surface area contributed by atoms with E-state index >= 15 is 0 Å². The number of fused-ring (bicyclic) bond motifs is 2. The molecule has 7 aromatic rings. The summed E-state index contributed by atoms with van der Waals surface area (Å²) in [6, 6.07) is 34.7. The second-order valence-corrected chi connectivity index (χ2v) is 17.0. The molecule has 0 aliphatic heterocycles. The van der Waals surface area contributed by atoms with Crippen molar-refractivity contribution in [2.75, 3.05) is 10.6 Å². The summed E-state index contributed by atoms with van der Waals surface area (Å²) in [6.07, 6.45) is 1.34. The van der Waals surface area contributed by atoms with Gasteiger partial charge >= 0.3 is 59.1 Å². The van der Waals surface area contributed by atoms with Gasteiger partial charge in [0.15, 0.2) is 4.08 Å². The third-order valence-corrected chi connectivity index (χ3v) is 13.0. The van der Waals surface area contributed by atoms with E-state index < -0.39 is 36.3 Å². The average molecular weight is 900 g/mol. The normalized spacial score (nSPS) is 13.6. The fourth-order valence-electron chi connectivity index (χ4n) is 6.46. The van der Waals surface area contributed by atoms with Gasteiger partial charge in [0.2, 0.25) is 22.3 Å². The van der Waals surface area contributed by atoms with Crippen molar-refractivity contribution in [1.29, 1.82) is 0 Å². The van der Waals surface area contributed by atoms with E-state index in [4.69, 9.17) is 32.7 Å². The summed E-state index contributed by atoms with van der Waals surface area (Å²) in [6.45, 7) is 0. The predicted molar refractivity (Wildman–Crippen MR) is 218 cm³/mol. The molecule has 292 valence electrons. The van der Waals surface area contributed by atoms with E-state index in [-0.39, 0.29) is 104 Å². The van der Waals surface area contributed by atoms with Gasteiger partial charge in [-0.05, 0) is 98.4 Å². The Morgan fingerprint density at radius 1 is 0.567 bits per heavy atom. The SMILES string of the molecule is O=S(=O)([O-])C1(S(=O)(=O)[O-])CC(Nc2cc(Oc3ccc4ccccc4c3)nc(Cl)n2)=CC=C1c1ccc(Nc2cc(Oc3ccc4ccccc4c3)nc(Cl)n2)cc1.[Na+].[Na+]. The van der Waals surface area contributed by atoms with Gasteiger partial charge in [-0.15, -0.1) is 0 Å². The molecular weight excluding hydrogens is 873 g/mol. The zero-order chi connectivity index (χ0) is 40.7. The maximum Gasteiger partial charge on any atom is 1.00 e. The van der Waals surface area contributed by atoms with Gasteiger partial charge in [0.25, 0.3) is 0 Å². The number of hydrogen-bond donors (Lipinski definition) is 2. The molecule has 1 aliphatic carbocycles. The Bertz CT molecular complexity index is 3020. The summed E-state index contributed by atoms with van der Waals surface area (Å²) in [5.74, 6) is 1.27. The van der Waals surface area contributed by atoms with E-state index in [9.17, 15) is 25.9 Å². The number of halogens is 2. The van der Waals surface area contributed by atoms with E-state index in [2.05, 4.69) is 30.6 Å². The van der Waals surface area contributed by atoms with Gasteiger partial charge < -0.3 is 29.2 Å². The molecule has 0 saturated heterocycles. The van der Waals surface area contributed by atoms with Crippen LogP contribution in [0, 0.1) is 0 Å². The monoisotopic (exact) mass is 898 g/mol. The third-order valence-electron chi connectivity index (χ3n) is 9.09. The van der Waals surface area contributed by atoms with Gasteiger partial charge in [0.1, 0.15) is 43.4 Å². The van der Waals surface area contributed by atoms with Crippen molar-refractivity contribution in [1.82, 2.24) is 19.9 Å². The maximum atomic E-state index is 13.0. The molecule has 5 aromatic carbocycles. The minimum absolute atomic E-state index is 0. The van der Waals surface area contributed by atoms with Crippen LogP contribution in [-0.4, -0.2) is 50.0 Å². The number of benzene rings is 5. The van der Waals surface area contributed by atoms with Crippen molar-refractivity contribution in [2.24, 2.45) is 0 Å². The van der Waals surface area contributed by atoms with E-state index in [1.807, 2.05) is 66.7 Å². The zero-order valence-electron chi connectivity index (χ0n) is 31.5. The quantitative estimate of drug-likeness (QED) is 0.109. The first-order valence-corrected chi connectivity index (χ1v) is 20.7. The summed E-state index contributed by atoms with van der Waals surface area (Å²) >= 11 is 12.4. The van der Waals surface area contributed by atoms with Crippen molar-refractivity contribution in [2.45, 2.75) is 10.5 Å². The number of rotatable bonds is 11. The fourth-order valence-corrected chi connectivity index (χ4v) is 9.39. The van der Waals surface area contributed by atoms with E-state index in [1.54, 1.807) is 18.2 Å². The van der Waals surface area contributed by atoms with Crippen LogP contribution in [0.2, 0.25) is 10.6 Å². The van der Waals surface area contributed by atoms with Crippen LogP contribution in [0.15, 0.2) is 139 Å². The Morgan fingerprint density at radius 3 is 1.52 bits per heavy atom. The smallest absolute Gasteiger partial charge is 0.746 e. The Hall–Kier alpha value is -4.14. The van der Waals surface area contributed by atoms with Gasteiger partial charge in [0.05, 0.1) is 0 Å². The van der Waals surface area contributed by atoms with Gasteiger partial charge in [-0.1, -0.05) is 78.9 Å². The van der Waals surface area contributed by atoms with Crippen molar-refractivity contribution in [3.05, 3.63) is 155 Å². The van der Waals surface area contributed by atoms with E-state index in [1.165, 1.54) is 42.5 Å². The van der Waals surface area contributed by atoms with Gasteiger partial charge in [-0.2, -0.15) is 9.97 Å². The number of nitrogens with zero attached hydrogens (tertiary/aromatic N) is 4. The Labute approximate surface area is 398 Å². The Morgan fingerprint density at radius 2 is 1.03 bits per heavy atom. The molecule has 0 amide bonds. The average Bonchev–Trinajstić information content (AvgIpc) is 3.17. The summed E-state index contributed by atoms with van der Waals surface area (Å²) in [5.41, 5.74) is -0.328. The Kier molecular flexibility index (Phi) is 14.0. The number of nitrogens with one attached hydrogen (secondary N) is 2. The van der Waals surface area contributed by atoms with Crippen LogP contribution in [0.4, 0.5) is 17.3 Å². The number of hydrogen-bond acceptors (Lipinski definition) is 14. The van der Waals surface area contributed by atoms with Crippen molar-refractivity contribution in [3.63, 3.8) is 0 Å². The molecule has 14 nitrogen and oxygen atoms in total. The zero-order valence-corrected chi connectivity index (χ0v) is 38.7. The number of anilines is 3. The molecule has 2 N–H and O–H groups in total. The number of aromatic nitrogens is 4. The first-order chi connectivity index (χ1) is 27.7. The molecule has 0 bridgehead atoms. The van der Waals surface area contributed by atoms with Crippen LogP contribution >= 0.6 is 23.2 Å². The van der Waals surface area contributed by atoms with Gasteiger partial charge in [-0.3, -0.25) is 0 Å². The molecule has 0 atom stereocenters. The van der Waals surface area contributed by atoms with Crippen molar-refractivity contribution < 1.29 is 94.5 Å². The molecule has 2 heterocycles. The molecular formula is C40H26Cl2N6Na2O8S2. The van der Waals surface area contributed by atoms with E-state index in [0.29, 0.717) is 17.2 Å². The van der Waals surface area contributed by atoms with Crippen LogP contribution in [0.25, 0.3) is 27.1 Å². The predicted octanol–water partition coefficient (Wildman–Crippen LogP) is 2.79. The maximum absolute atomic E-state index is 13.0. The first kappa shape index (κ1) is 45.4. The largest absolute Gasteiger partial charge is 1.00 e. The molecule has 60 heavy (non-hydrogen) atoms. The minimum atomic E-state index is -5.89. The molecule has 8 rings (SSSR count). The van der Waals surface area contributed by atoms with Crippen LogP contribution in [0.1, 0.15) is 12.0 Å². The topological polar surface area (TPSA) is 208 Å². The number of ether oxygens (including phenoxy) is 2. The second kappa shape index (κ2) is 18.5. The Balaban J connectivity index is 0.00000302. The third kappa shape index (κ3) is 9.81. The molecule has 0 spiro atoms. The minimum Gasteiger partial charge on any atom is -0.746 e. The summed E-state index contributed by atoms with van der Waals surface area (Å²) in [5, 5.41) is 9.29. The molecule has 0 radical (unpaired) electrons. The molecule has 0 unspecified atom stereocenters. The summed E-state index contributed by atoms with van der Waals surface area (Å²) in [7, 11) is -11.8. The first-order valence-electron chi connectivity index (χ1n) is 17.1. The van der Waals surface area contributed by atoms with Gasteiger partial charge in [0, 0.05) is 29.9 Å². The standard InChI is InChI=1S/C40H28Cl2N6O8S2.2Na/c41-38-45-34(21-36(47-38)55-31-16-11-24-5-1-3-7-27(24)19-31)43-29-13-9-26(10-14-29)33-18-15-30(23-40(33,57(49,50)51)58(52,53)54)44-35-22-37(48-39(42)46-35)56-32-17-12-25-6-2-4-8-28(25)20-32;;/h1-22H,23H2,(H,43,45,47)(H,44,46,48)(H,49,50,51)(H,52,53,54);;/q;2*+1/p-2. The van der Waals surface area contributed by atoms with Crippen LogP contribution in [-0.2, 0) is 20.2 Å². The van der Waals surface area contributed by atoms with Crippen LogP contribution in [0.3, 0.4) is 0 Å². The van der Waals surface area contributed by atoms with Crippen LogP contribution in [0.5, 0.6) is 23.3 Å². The molecule has 0 saturated carbocycles. The fraction of sp³-hybridized carbons (Fsp3) is 0.0500. The molecule has 2 aromatic heterocycles.